The Bertz CT molecular complexity index is 687. The summed E-state index contributed by atoms with van der Waals surface area (Å²) in [7, 11) is 0. The lowest BCUT2D eigenvalue weighted by Crippen LogP contribution is -2.39. The van der Waals surface area contributed by atoms with Crippen molar-refractivity contribution in [3.63, 3.8) is 0 Å². The van der Waals surface area contributed by atoms with Gasteiger partial charge in [-0.15, -0.1) is 0 Å². The largest absolute Gasteiger partial charge is 0.467 e. The Kier molecular flexibility index (Phi) is 6.69. The van der Waals surface area contributed by atoms with E-state index in [2.05, 4.69) is 42.3 Å². The second-order valence-electron chi connectivity index (χ2n) is 6.68. The SMILES string of the molecule is CCc1cccc(CC)c1NC(=S)N(Cc1ccco1)CC1CCCO1. The summed E-state index contributed by atoms with van der Waals surface area (Å²) in [6.45, 7) is 6.63. The van der Waals surface area contributed by atoms with E-state index in [0.717, 1.165) is 55.4 Å². The molecule has 2 heterocycles. The van der Waals surface area contributed by atoms with Crippen molar-refractivity contribution in [2.45, 2.75) is 52.2 Å². The Morgan fingerprint density at radius 1 is 1.19 bits per heavy atom. The molecule has 1 N–H and O–H groups in total. The molecule has 1 aliphatic heterocycles. The summed E-state index contributed by atoms with van der Waals surface area (Å²) in [5.74, 6) is 0.909. The molecule has 4 nitrogen and oxygen atoms in total. The van der Waals surface area contributed by atoms with Gasteiger partial charge in [-0.25, -0.2) is 0 Å². The first-order valence-corrected chi connectivity index (χ1v) is 9.92. The summed E-state index contributed by atoms with van der Waals surface area (Å²) in [4.78, 5) is 2.16. The zero-order valence-corrected chi connectivity index (χ0v) is 16.5. The topological polar surface area (TPSA) is 37.6 Å². The summed E-state index contributed by atoms with van der Waals surface area (Å²) in [6, 6.07) is 10.4. The molecular formula is C21H28N2O2S. The number of hydrogen-bond donors (Lipinski definition) is 1. The number of nitrogens with zero attached hydrogens (tertiary/aromatic N) is 1. The molecule has 1 saturated heterocycles. The minimum absolute atomic E-state index is 0.233. The van der Waals surface area contributed by atoms with E-state index in [9.17, 15) is 0 Å². The van der Waals surface area contributed by atoms with Gasteiger partial charge in [-0.3, -0.25) is 0 Å². The molecule has 1 aliphatic rings. The highest BCUT2D eigenvalue weighted by Crippen LogP contribution is 2.24. The van der Waals surface area contributed by atoms with Gasteiger partial charge in [0.05, 0.1) is 18.9 Å². The molecule has 0 amide bonds. The first-order valence-electron chi connectivity index (χ1n) is 9.52. The average Bonchev–Trinajstić information content (AvgIpc) is 3.35. The van der Waals surface area contributed by atoms with Gasteiger partial charge in [0.1, 0.15) is 5.76 Å². The fourth-order valence-corrected chi connectivity index (χ4v) is 3.67. The number of ether oxygens (including phenoxy) is 1. The lowest BCUT2D eigenvalue weighted by molar-refractivity contribution is 0.0892. The molecule has 0 bridgehead atoms. The number of anilines is 1. The van der Waals surface area contributed by atoms with Crippen molar-refractivity contribution in [3.05, 3.63) is 53.5 Å². The number of rotatable bonds is 7. The molecule has 0 aliphatic carbocycles. The predicted octanol–water partition coefficient (Wildman–Crippen LogP) is 4.78. The monoisotopic (exact) mass is 372 g/mol. The van der Waals surface area contributed by atoms with Gasteiger partial charge in [-0.2, -0.15) is 0 Å². The second kappa shape index (κ2) is 9.19. The van der Waals surface area contributed by atoms with Gasteiger partial charge in [0.25, 0.3) is 0 Å². The van der Waals surface area contributed by atoms with E-state index in [1.165, 1.54) is 11.1 Å². The third-order valence-electron chi connectivity index (χ3n) is 4.89. The van der Waals surface area contributed by atoms with Crippen molar-refractivity contribution in [3.8, 4) is 0 Å². The van der Waals surface area contributed by atoms with Crippen molar-refractivity contribution < 1.29 is 9.15 Å². The molecule has 1 fully saturated rings. The highest BCUT2D eigenvalue weighted by Gasteiger charge is 2.22. The zero-order chi connectivity index (χ0) is 18.4. The quantitative estimate of drug-likeness (QED) is 0.708. The highest BCUT2D eigenvalue weighted by atomic mass is 32.1. The normalized spacial score (nSPS) is 16.6. The third-order valence-corrected chi connectivity index (χ3v) is 5.25. The number of hydrogen-bond acceptors (Lipinski definition) is 3. The van der Waals surface area contributed by atoms with Crippen molar-refractivity contribution in [2.24, 2.45) is 0 Å². The Morgan fingerprint density at radius 3 is 2.54 bits per heavy atom. The van der Waals surface area contributed by atoms with E-state index in [1.54, 1.807) is 6.26 Å². The van der Waals surface area contributed by atoms with Crippen LogP contribution in [0.25, 0.3) is 0 Å². The summed E-state index contributed by atoms with van der Waals surface area (Å²) in [5.41, 5.74) is 3.74. The first kappa shape index (κ1) is 18.9. The summed E-state index contributed by atoms with van der Waals surface area (Å²) in [5, 5.41) is 4.26. The summed E-state index contributed by atoms with van der Waals surface area (Å²) >= 11 is 5.80. The van der Waals surface area contributed by atoms with Gasteiger partial charge >= 0.3 is 0 Å². The number of nitrogens with one attached hydrogen (secondary N) is 1. The molecule has 1 unspecified atom stereocenters. The van der Waals surface area contributed by atoms with Crippen molar-refractivity contribution in [1.82, 2.24) is 4.90 Å². The van der Waals surface area contributed by atoms with E-state index in [4.69, 9.17) is 21.4 Å². The first-order chi connectivity index (χ1) is 12.7. The maximum atomic E-state index is 5.83. The fourth-order valence-electron chi connectivity index (χ4n) is 3.43. The molecule has 1 atom stereocenters. The molecule has 0 spiro atoms. The number of para-hydroxylation sites is 1. The molecule has 140 valence electrons. The van der Waals surface area contributed by atoms with Crippen LogP contribution in [0.15, 0.2) is 41.0 Å². The van der Waals surface area contributed by atoms with Gasteiger partial charge in [0.15, 0.2) is 5.11 Å². The van der Waals surface area contributed by atoms with Crippen molar-refractivity contribution in [2.75, 3.05) is 18.5 Å². The van der Waals surface area contributed by atoms with Gasteiger partial charge < -0.3 is 19.4 Å². The van der Waals surface area contributed by atoms with Gasteiger partial charge in [0.2, 0.25) is 0 Å². The van der Waals surface area contributed by atoms with Crippen LogP contribution in [0.2, 0.25) is 0 Å². The van der Waals surface area contributed by atoms with Gasteiger partial charge in [0, 0.05) is 18.8 Å². The zero-order valence-electron chi connectivity index (χ0n) is 15.7. The van der Waals surface area contributed by atoms with Crippen LogP contribution in [-0.4, -0.2) is 29.3 Å². The van der Waals surface area contributed by atoms with Crippen LogP contribution in [0.3, 0.4) is 0 Å². The second-order valence-corrected chi connectivity index (χ2v) is 7.07. The van der Waals surface area contributed by atoms with E-state index < -0.39 is 0 Å². The van der Waals surface area contributed by atoms with Crippen LogP contribution in [0.4, 0.5) is 5.69 Å². The number of benzene rings is 1. The minimum Gasteiger partial charge on any atom is -0.467 e. The Labute approximate surface area is 161 Å². The maximum Gasteiger partial charge on any atom is 0.173 e. The number of thiocarbonyl (C=S) groups is 1. The standard InChI is InChI=1S/C21H28N2O2S/c1-3-16-8-5-9-17(4-2)20(16)22-21(26)23(14-18-10-6-12-24-18)15-19-11-7-13-25-19/h5-6,8-10,12,19H,3-4,7,11,13-15H2,1-2H3,(H,22,26). The smallest absolute Gasteiger partial charge is 0.173 e. The summed E-state index contributed by atoms with van der Waals surface area (Å²) in [6.07, 6.45) is 6.10. The van der Waals surface area contributed by atoms with Crippen molar-refractivity contribution >= 4 is 23.0 Å². The molecule has 2 aromatic rings. The molecule has 1 aromatic carbocycles. The van der Waals surface area contributed by atoms with Gasteiger partial charge in [-0.1, -0.05) is 32.0 Å². The third kappa shape index (κ3) is 4.65. The van der Waals surface area contributed by atoms with Crippen LogP contribution in [0.1, 0.15) is 43.6 Å². The molecule has 3 rings (SSSR count). The van der Waals surface area contributed by atoms with Crippen molar-refractivity contribution in [1.29, 1.82) is 0 Å². The Morgan fingerprint density at radius 2 is 1.96 bits per heavy atom. The van der Waals surface area contributed by atoms with Crippen LogP contribution in [-0.2, 0) is 24.1 Å². The van der Waals surface area contributed by atoms with E-state index in [1.807, 2.05) is 12.1 Å². The molecule has 0 saturated carbocycles. The molecular weight excluding hydrogens is 344 g/mol. The highest BCUT2D eigenvalue weighted by molar-refractivity contribution is 7.80. The molecule has 1 aromatic heterocycles. The number of aryl methyl sites for hydroxylation is 2. The predicted molar refractivity (Wildman–Crippen MR) is 110 cm³/mol. The van der Waals surface area contributed by atoms with Crippen LogP contribution in [0, 0.1) is 0 Å². The fraction of sp³-hybridized carbons (Fsp3) is 0.476. The van der Waals surface area contributed by atoms with Crippen LogP contribution < -0.4 is 5.32 Å². The van der Waals surface area contributed by atoms with E-state index in [-0.39, 0.29) is 6.10 Å². The van der Waals surface area contributed by atoms with Crippen LogP contribution >= 0.6 is 12.2 Å². The Balaban J connectivity index is 1.78. The summed E-state index contributed by atoms with van der Waals surface area (Å²) < 4.78 is 11.4. The lowest BCUT2D eigenvalue weighted by Gasteiger charge is -2.28. The molecule has 26 heavy (non-hydrogen) atoms. The van der Waals surface area contributed by atoms with E-state index in [0.29, 0.717) is 6.54 Å². The Hall–Kier alpha value is -1.85. The number of furan rings is 1. The maximum absolute atomic E-state index is 5.83. The van der Waals surface area contributed by atoms with E-state index >= 15 is 0 Å². The molecule has 0 radical (unpaired) electrons. The average molecular weight is 373 g/mol. The lowest BCUT2D eigenvalue weighted by atomic mass is 10.0. The minimum atomic E-state index is 0.233. The van der Waals surface area contributed by atoms with Gasteiger partial charge in [-0.05, 0) is 61.2 Å². The van der Waals surface area contributed by atoms with Crippen LogP contribution in [0.5, 0.6) is 0 Å². The molecule has 5 heteroatoms.